The van der Waals surface area contributed by atoms with Gasteiger partial charge < -0.3 is 19.1 Å². The standard InChI is InChI=1S/C21H21Cl2N3O5/c1-10(2)29-20-17(23)7-12(9-24-20)19-25-18(26-31-19)15-4-3-13(8-16(15)22)30-14-5-11(6-14)21(27)28/h3-4,7-11,14,17,20H,5-6H2,1-2H3,(H,27,28)/t11-,14-,17?,20?. The molecule has 0 radical (unpaired) electrons. The van der Waals surface area contributed by atoms with E-state index in [0.29, 0.717) is 40.6 Å². The molecule has 0 saturated heterocycles. The number of hydrogen-bond donors (Lipinski definition) is 1. The van der Waals surface area contributed by atoms with Gasteiger partial charge in [0.05, 0.1) is 28.0 Å². The van der Waals surface area contributed by atoms with Crippen molar-refractivity contribution < 1.29 is 23.9 Å². The number of rotatable bonds is 7. The van der Waals surface area contributed by atoms with E-state index in [4.69, 9.17) is 42.3 Å². The maximum atomic E-state index is 10.9. The number of ether oxygens (including phenoxy) is 2. The molecular weight excluding hydrogens is 445 g/mol. The van der Waals surface area contributed by atoms with E-state index in [9.17, 15) is 4.79 Å². The topological polar surface area (TPSA) is 107 Å². The summed E-state index contributed by atoms with van der Waals surface area (Å²) >= 11 is 12.7. The van der Waals surface area contributed by atoms with E-state index in [-0.39, 0.29) is 24.0 Å². The van der Waals surface area contributed by atoms with E-state index in [1.54, 1.807) is 30.5 Å². The van der Waals surface area contributed by atoms with Crippen LogP contribution < -0.4 is 4.74 Å². The van der Waals surface area contributed by atoms with E-state index in [2.05, 4.69) is 15.1 Å². The maximum Gasteiger partial charge on any atom is 0.306 e. The lowest BCUT2D eigenvalue weighted by Gasteiger charge is -2.32. The van der Waals surface area contributed by atoms with Crippen molar-refractivity contribution in [1.29, 1.82) is 0 Å². The van der Waals surface area contributed by atoms with E-state index in [0.717, 1.165) is 0 Å². The molecule has 0 spiro atoms. The van der Waals surface area contributed by atoms with Gasteiger partial charge in [0.2, 0.25) is 5.82 Å². The van der Waals surface area contributed by atoms with Crippen LogP contribution in [0.2, 0.25) is 5.02 Å². The van der Waals surface area contributed by atoms with Gasteiger partial charge in [-0.3, -0.25) is 9.79 Å². The van der Waals surface area contributed by atoms with Gasteiger partial charge in [-0.15, -0.1) is 11.6 Å². The molecular formula is C21H21Cl2N3O5. The fourth-order valence-electron chi connectivity index (χ4n) is 3.30. The molecule has 0 amide bonds. The summed E-state index contributed by atoms with van der Waals surface area (Å²) in [6, 6.07) is 5.14. The number of nitrogens with zero attached hydrogens (tertiary/aromatic N) is 3. The van der Waals surface area contributed by atoms with Gasteiger partial charge in [-0.1, -0.05) is 16.8 Å². The fraction of sp³-hybridized carbons (Fsp3) is 0.429. The van der Waals surface area contributed by atoms with E-state index >= 15 is 0 Å². The molecule has 2 aliphatic rings. The molecule has 2 unspecified atom stereocenters. The lowest BCUT2D eigenvalue weighted by Crippen LogP contribution is -2.38. The number of carboxylic acid groups (broad SMARTS) is 1. The molecule has 1 fully saturated rings. The average molecular weight is 466 g/mol. The normalized spacial score (nSPS) is 25.3. The van der Waals surface area contributed by atoms with Crippen LogP contribution in [0.4, 0.5) is 0 Å². The van der Waals surface area contributed by atoms with Crippen LogP contribution in [0.25, 0.3) is 17.0 Å². The first-order valence-corrected chi connectivity index (χ1v) is 10.7. The van der Waals surface area contributed by atoms with Crippen LogP contribution in [0.5, 0.6) is 5.75 Å². The summed E-state index contributed by atoms with van der Waals surface area (Å²) in [5.74, 6) is 0.0346. The molecule has 2 atom stereocenters. The average Bonchev–Trinajstić information content (AvgIpc) is 3.15. The molecule has 1 aromatic carbocycles. The lowest BCUT2D eigenvalue weighted by molar-refractivity contribution is -0.147. The molecule has 2 heterocycles. The minimum Gasteiger partial charge on any atom is -0.490 e. The Morgan fingerprint density at radius 1 is 1.32 bits per heavy atom. The third-order valence-electron chi connectivity index (χ3n) is 4.98. The highest BCUT2D eigenvalue weighted by atomic mass is 35.5. The van der Waals surface area contributed by atoms with Gasteiger partial charge in [0, 0.05) is 11.8 Å². The van der Waals surface area contributed by atoms with Crippen LogP contribution in [0.15, 0.2) is 33.8 Å². The molecule has 1 aliphatic carbocycles. The third-order valence-corrected chi connectivity index (χ3v) is 5.64. The second kappa shape index (κ2) is 8.98. The highest BCUT2D eigenvalue weighted by molar-refractivity contribution is 6.33. The number of alkyl halides is 1. The van der Waals surface area contributed by atoms with Crippen molar-refractivity contribution in [2.24, 2.45) is 10.9 Å². The predicted octanol–water partition coefficient (Wildman–Crippen LogP) is 4.46. The number of halogens is 2. The Kier molecular flexibility index (Phi) is 6.31. The van der Waals surface area contributed by atoms with Crippen LogP contribution in [0.1, 0.15) is 32.6 Å². The number of hydrogen-bond acceptors (Lipinski definition) is 7. The maximum absolute atomic E-state index is 10.9. The number of carbonyl (C=O) groups is 1. The molecule has 164 valence electrons. The first-order valence-electron chi connectivity index (χ1n) is 9.88. The smallest absolute Gasteiger partial charge is 0.306 e. The van der Waals surface area contributed by atoms with Gasteiger partial charge in [0.15, 0.2) is 6.23 Å². The number of aromatic nitrogens is 2. The monoisotopic (exact) mass is 465 g/mol. The third kappa shape index (κ3) is 4.92. The molecule has 10 heteroatoms. The SMILES string of the molecule is CC(C)OC1N=CC(c2nc(-c3ccc(O[C@H]4C[C@H](C(=O)O)C4)cc3Cl)no2)=CC1Cl. The number of benzene rings is 1. The van der Waals surface area contributed by atoms with Crippen LogP contribution in [0.3, 0.4) is 0 Å². The van der Waals surface area contributed by atoms with E-state index in [1.165, 1.54) is 0 Å². The Hall–Kier alpha value is -2.42. The van der Waals surface area contributed by atoms with Gasteiger partial charge in [-0.25, -0.2) is 0 Å². The van der Waals surface area contributed by atoms with Crippen molar-refractivity contribution in [3.63, 3.8) is 0 Å². The number of dihydropyridines is 1. The quantitative estimate of drug-likeness (QED) is 0.601. The Balaban J connectivity index is 1.43. The molecule has 31 heavy (non-hydrogen) atoms. The summed E-state index contributed by atoms with van der Waals surface area (Å²) in [7, 11) is 0. The lowest BCUT2D eigenvalue weighted by atomic mass is 9.82. The Labute approximate surface area is 188 Å². The van der Waals surface area contributed by atoms with Crippen LogP contribution >= 0.6 is 23.2 Å². The van der Waals surface area contributed by atoms with Gasteiger partial charge in [0.1, 0.15) is 11.9 Å². The van der Waals surface area contributed by atoms with Gasteiger partial charge in [-0.2, -0.15) is 4.98 Å². The van der Waals surface area contributed by atoms with Crippen molar-refractivity contribution in [3.8, 4) is 17.1 Å². The van der Waals surface area contributed by atoms with Crippen molar-refractivity contribution in [2.75, 3.05) is 0 Å². The Morgan fingerprint density at radius 2 is 2.10 bits per heavy atom. The second-order valence-corrected chi connectivity index (χ2v) is 8.64. The van der Waals surface area contributed by atoms with Crippen molar-refractivity contribution in [3.05, 3.63) is 35.2 Å². The predicted molar refractivity (Wildman–Crippen MR) is 116 cm³/mol. The molecule has 2 aromatic rings. The van der Waals surface area contributed by atoms with E-state index < -0.39 is 17.6 Å². The summed E-state index contributed by atoms with van der Waals surface area (Å²) < 4.78 is 16.8. The van der Waals surface area contributed by atoms with Crippen molar-refractivity contribution in [1.82, 2.24) is 10.1 Å². The zero-order valence-electron chi connectivity index (χ0n) is 16.9. The molecule has 8 nitrogen and oxygen atoms in total. The van der Waals surface area contributed by atoms with Gasteiger partial charge in [0.25, 0.3) is 5.89 Å². The summed E-state index contributed by atoms with van der Waals surface area (Å²) in [5, 5.41) is 12.9. The number of carboxylic acids is 1. The minimum atomic E-state index is -0.789. The summed E-state index contributed by atoms with van der Waals surface area (Å²) in [4.78, 5) is 19.6. The van der Waals surface area contributed by atoms with Crippen LogP contribution in [-0.4, -0.2) is 51.2 Å². The fourth-order valence-corrected chi connectivity index (χ4v) is 3.82. The molecule has 1 saturated carbocycles. The first kappa shape index (κ1) is 21.8. The van der Waals surface area contributed by atoms with Gasteiger partial charge in [-0.05, 0) is 51.0 Å². The molecule has 1 N–H and O–H groups in total. The van der Waals surface area contributed by atoms with Crippen LogP contribution in [-0.2, 0) is 9.53 Å². The number of aliphatic imine (C=N–C) groups is 1. The van der Waals surface area contributed by atoms with Crippen molar-refractivity contribution in [2.45, 2.75) is 50.5 Å². The summed E-state index contributed by atoms with van der Waals surface area (Å²) in [5.41, 5.74) is 1.19. The molecule has 0 bridgehead atoms. The molecule has 4 rings (SSSR count). The second-order valence-electron chi connectivity index (χ2n) is 7.73. The number of aliphatic carboxylic acids is 1. The van der Waals surface area contributed by atoms with Crippen LogP contribution in [0, 0.1) is 5.92 Å². The minimum absolute atomic E-state index is 0.00494. The van der Waals surface area contributed by atoms with Crippen molar-refractivity contribution >= 4 is 41.0 Å². The summed E-state index contributed by atoms with van der Waals surface area (Å²) in [6.45, 7) is 3.84. The zero-order chi connectivity index (χ0) is 22.1. The first-order chi connectivity index (χ1) is 14.8. The Bertz CT molecular complexity index is 1030. The summed E-state index contributed by atoms with van der Waals surface area (Å²) in [6.07, 6.45) is 3.77. The van der Waals surface area contributed by atoms with Gasteiger partial charge >= 0.3 is 5.97 Å². The molecule has 1 aliphatic heterocycles. The largest absolute Gasteiger partial charge is 0.490 e. The highest BCUT2D eigenvalue weighted by Gasteiger charge is 2.36. The Morgan fingerprint density at radius 3 is 2.74 bits per heavy atom. The number of allylic oxidation sites excluding steroid dienone is 1. The molecule has 1 aromatic heterocycles. The zero-order valence-corrected chi connectivity index (χ0v) is 18.4. The highest BCUT2D eigenvalue weighted by Crippen LogP contribution is 2.35. The van der Waals surface area contributed by atoms with E-state index in [1.807, 2.05) is 13.8 Å².